The van der Waals surface area contributed by atoms with Gasteiger partial charge in [0, 0.05) is 24.5 Å². The van der Waals surface area contributed by atoms with E-state index in [2.05, 4.69) is 5.32 Å². The lowest BCUT2D eigenvalue weighted by Gasteiger charge is -2.15. The minimum atomic E-state index is -0.0540. The van der Waals surface area contributed by atoms with Crippen LogP contribution >= 0.6 is 23.5 Å². The number of rotatable bonds is 8. The highest BCUT2D eigenvalue weighted by molar-refractivity contribution is 8.14. The van der Waals surface area contributed by atoms with Crippen LogP contribution in [0.15, 0.2) is 24.3 Å². The first-order chi connectivity index (χ1) is 10.9. The van der Waals surface area contributed by atoms with E-state index >= 15 is 0 Å². The standard InChI is InChI=1S/C15H23N5OS2/c1-20-13(21)9-12(23-15(18)19)8-11-4-2-10(3-5-11)6-7-22-14(16)17/h2-5,12H,6-9H2,1H3,(H3,16,17)(H3,18,19)(H,20,21)/t12-/m0/s1. The highest BCUT2D eigenvalue weighted by atomic mass is 32.2. The van der Waals surface area contributed by atoms with Gasteiger partial charge in [-0.3, -0.25) is 15.6 Å². The van der Waals surface area contributed by atoms with Crippen molar-refractivity contribution in [3.63, 3.8) is 0 Å². The maximum Gasteiger partial charge on any atom is 0.220 e. The lowest BCUT2D eigenvalue weighted by molar-refractivity contribution is -0.120. The first-order valence-corrected chi connectivity index (χ1v) is 9.03. The van der Waals surface area contributed by atoms with Gasteiger partial charge in [0.15, 0.2) is 10.3 Å². The van der Waals surface area contributed by atoms with Crippen LogP contribution < -0.4 is 16.8 Å². The molecule has 0 aliphatic carbocycles. The topological polar surface area (TPSA) is 129 Å². The number of thioether (sulfide) groups is 2. The second-order valence-electron chi connectivity index (χ2n) is 4.96. The van der Waals surface area contributed by atoms with Gasteiger partial charge in [-0.2, -0.15) is 0 Å². The van der Waals surface area contributed by atoms with Crippen LogP contribution in [0.5, 0.6) is 0 Å². The molecule has 1 amide bonds. The Labute approximate surface area is 145 Å². The summed E-state index contributed by atoms with van der Waals surface area (Å²) in [5.74, 6) is 0.732. The van der Waals surface area contributed by atoms with Crippen LogP contribution in [0, 0.1) is 10.8 Å². The minimum Gasteiger partial charge on any atom is -0.379 e. The molecule has 0 bridgehead atoms. The summed E-state index contributed by atoms with van der Waals surface area (Å²) < 4.78 is 0. The minimum absolute atomic E-state index is 0.0248. The molecular weight excluding hydrogens is 330 g/mol. The highest BCUT2D eigenvalue weighted by Crippen LogP contribution is 2.20. The van der Waals surface area contributed by atoms with Crippen molar-refractivity contribution in [2.24, 2.45) is 11.5 Å². The van der Waals surface area contributed by atoms with E-state index in [1.165, 1.54) is 29.1 Å². The Morgan fingerprint density at radius 1 is 1.17 bits per heavy atom. The van der Waals surface area contributed by atoms with Crippen LogP contribution in [0.3, 0.4) is 0 Å². The summed E-state index contributed by atoms with van der Waals surface area (Å²) in [7, 11) is 1.60. The molecule has 0 spiro atoms. The molecule has 0 aliphatic rings. The second-order valence-corrected chi connectivity index (χ2v) is 7.44. The molecule has 6 nitrogen and oxygen atoms in total. The van der Waals surface area contributed by atoms with Crippen molar-refractivity contribution in [3.05, 3.63) is 35.4 Å². The van der Waals surface area contributed by atoms with E-state index in [9.17, 15) is 4.79 Å². The van der Waals surface area contributed by atoms with Gasteiger partial charge in [0.05, 0.1) is 0 Å². The lowest BCUT2D eigenvalue weighted by atomic mass is 10.0. The maximum absolute atomic E-state index is 11.6. The van der Waals surface area contributed by atoms with Gasteiger partial charge in [-0.05, 0) is 24.0 Å². The molecular formula is C15H23N5OS2. The molecule has 0 saturated heterocycles. The summed E-state index contributed by atoms with van der Waals surface area (Å²) in [4.78, 5) is 11.6. The Balaban J connectivity index is 2.60. The SMILES string of the molecule is CNC(=O)C[C@H](Cc1ccc(CCSC(=N)N)cc1)SC(=N)N. The first kappa shape index (κ1) is 19.4. The molecule has 1 aromatic rings. The molecule has 0 fully saturated rings. The van der Waals surface area contributed by atoms with Crippen molar-refractivity contribution in [2.45, 2.75) is 24.5 Å². The predicted molar refractivity (Wildman–Crippen MR) is 100 cm³/mol. The average Bonchev–Trinajstić information content (AvgIpc) is 2.47. The Bertz CT molecular complexity index is 547. The summed E-state index contributed by atoms with van der Waals surface area (Å²) >= 11 is 2.55. The number of hydrogen-bond acceptors (Lipinski definition) is 5. The molecule has 7 N–H and O–H groups in total. The fraction of sp³-hybridized carbons (Fsp3) is 0.400. The van der Waals surface area contributed by atoms with Crippen molar-refractivity contribution in [1.82, 2.24) is 5.32 Å². The molecule has 1 atom stereocenters. The summed E-state index contributed by atoms with van der Waals surface area (Å²) in [6.07, 6.45) is 1.87. The number of carbonyl (C=O) groups is 1. The average molecular weight is 354 g/mol. The van der Waals surface area contributed by atoms with Crippen molar-refractivity contribution >= 4 is 39.8 Å². The predicted octanol–water partition coefficient (Wildman–Crippen LogP) is 1.53. The van der Waals surface area contributed by atoms with Crippen molar-refractivity contribution in [3.8, 4) is 0 Å². The summed E-state index contributed by atoms with van der Waals surface area (Å²) in [6, 6.07) is 8.16. The van der Waals surface area contributed by atoms with E-state index < -0.39 is 0 Å². The van der Waals surface area contributed by atoms with Crippen LogP contribution in [0.25, 0.3) is 0 Å². The van der Waals surface area contributed by atoms with Gasteiger partial charge >= 0.3 is 0 Å². The third kappa shape index (κ3) is 8.51. The number of nitrogens with one attached hydrogen (secondary N) is 3. The van der Waals surface area contributed by atoms with Crippen LogP contribution in [-0.4, -0.2) is 34.3 Å². The molecule has 0 unspecified atom stereocenters. The number of carbonyl (C=O) groups excluding carboxylic acids is 1. The molecule has 0 radical (unpaired) electrons. The van der Waals surface area contributed by atoms with Crippen LogP contribution in [0.1, 0.15) is 17.5 Å². The highest BCUT2D eigenvalue weighted by Gasteiger charge is 2.16. The van der Waals surface area contributed by atoms with Crippen LogP contribution in [0.2, 0.25) is 0 Å². The Morgan fingerprint density at radius 2 is 1.78 bits per heavy atom. The Hall–Kier alpha value is -1.67. The molecule has 1 aromatic carbocycles. The fourth-order valence-electron chi connectivity index (χ4n) is 2.03. The van der Waals surface area contributed by atoms with Gasteiger partial charge in [-0.15, -0.1) is 0 Å². The number of amides is 1. The molecule has 0 heterocycles. The van der Waals surface area contributed by atoms with E-state index in [-0.39, 0.29) is 21.5 Å². The number of hydrogen-bond donors (Lipinski definition) is 5. The number of amidine groups is 2. The summed E-state index contributed by atoms with van der Waals surface area (Å²) in [5.41, 5.74) is 13.1. The van der Waals surface area contributed by atoms with E-state index in [1.54, 1.807) is 7.05 Å². The van der Waals surface area contributed by atoms with Crippen LogP contribution in [-0.2, 0) is 17.6 Å². The van der Waals surface area contributed by atoms with Gasteiger partial charge < -0.3 is 16.8 Å². The van der Waals surface area contributed by atoms with Gasteiger partial charge in [-0.1, -0.05) is 47.8 Å². The fourth-order valence-corrected chi connectivity index (χ4v) is 3.45. The number of nitrogens with two attached hydrogens (primary N) is 2. The van der Waals surface area contributed by atoms with Crippen LogP contribution in [0.4, 0.5) is 0 Å². The van der Waals surface area contributed by atoms with E-state index in [4.69, 9.17) is 22.3 Å². The third-order valence-corrected chi connectivity index (χ3v) is 4.76. The smallest absolute Gasteiger partial charge is 0.220 e. The monoisotopic (exact) mass is 353 g/mol. The summed E-state index contributed by atoms with van der Waals surface area (Å²) in [6.45, 7) is 0. The zero-order chi connectivity index (χ0) is 17.2. The maximum atomic E-state index is 11.6. The van der Waals surface area contributed by atoms with Gasteiger partial charge in [-0.25, -0.2) is 0 Å². The Kier molecular flexibility index (Phi) is 8.57. The van der Waals surface area contributed by atoms with Crippen molar-refractivity contribution in [2.75, 3.05) is 12.8 Å². The normalized spacial score (nSPS) is 11.7. The zero-order valence-corrected chi connectivity index (χ0v) is 14.7. The number of benzene rings is 1. The Morgan fingerprint density at radius 3 is 2.30 bits per heavy atom. The molecule has 0 aliphatic heterocycles. The van der Waals surface area contributed by atoms with Gasteiger partial charge in [0.2, 0.25) is 5.91 Å². The van der Waals surface area contributed by atoms with E-state index in [0.717, 1.165) is 17.7 Å². The van der Waals surface area contributed by atoms with Gasteiger partial charge in [0.1, 0.15) is 0 Å². The molecule has 1 rings (SSSR count). The number of aryl methyl sites for hydroxylation is 1. The lowest BCUT2D eigenvalue weighted by Crippen LogP contribution is -2.25. The van der Waals surface area contributed by atoms with Crippen molar-refractivity contribution < 1.29 is 4.79 Å². The molecule has 0 aromatic heterocycles. The van der Waals surface area contributed by atoms with Gasteiger partial charge in [0.25, 0.3) is 0 Å². The molecule has 8 heteroatoms. The van der Waals surface area contributed by atoms with E-state index in [1.807, 2.05) is 24.3 Å². The molecule has 0 saturated carbocycles. The quantitative estimate of drug-likeness (QED) is 0.357. The second kappa shape index (κ2) is 10.2. The molecule has 23 heavy (non-hydrogen) atoms. The van der Waals surface area contributed by atoms with E-state index in [0.29, 0.717) is 12.8 Å². The van der Waals surface area contributed by atoms with Crippen molar-refractivity contribution in [1.29, 1.82) is 10.8 Å². The third-order valence-electron chi connectivity index (χ3n) is 3.12. The zero-order valence-electron chi connectivity index (χ0n) is 13.1. The first-order valence-electron chi connectivity index (χ1n) is 7.16. The largest absolute Gasteiger partial charge is 0.379 e. The molecule has 126 valence electrons. The summed E-state index contributed by atoms with van der Waals surface area (Å²) in [5, 5.41) is 17.3.